The summed E-state index contributed by atoms with van der Waals surface area (Å²) in [5, 5.41) is 5.29. The second kappa shape index (κ2) is 7.96. The number of aromatic nitrogens is 5. The number of hydrogen-bond donors (Lipinski definition) is 2. The van der Waals surface area contributed by atoms with Gasteiger partial charge in [-0.05, 0) is 32.0 Å². The highest BCUT2D eigenvalue weighted by atomic mass is 19.1. The molecule has 3 N–H and O–H groups in total. The van der Waals surface area contributed by atoms with Gasteiger partial charge >= 0.3 is 0 Å². The Morgan fingerprint density at radius 2 is 2.00 bits per heavy atom. The quantitative estimate of drug-likeness (QED) is 0.437. The Labute approximate surface area is 193 Å². The number of nitrogens with zero attached hydrogens (tertiary/aromatic N) is 6. The highest BCUT2D eigenvalue weighted by Gasteiger charge is 2.40. The standard InChI is InChI=1S/C23H21FN8O2/c1-23(2)15-17(21(33)31-34-3)27-19(28-18(15)29-22(23)25)16-13-8-6-10-26-20(13)32(30-16)11-12-7-4-5-9-14(12)24/h4-10H,11H2,1-3H3,(H,31,33)(H2,25,27,28,29). The number of amidine groups is 1. The number of nitrogens with two attached hydrogens (primary N) is 1. The third-order valence-electron chi connectivity index (χ3n) is 5.79. The van der Waals surface area contributed by atoms with Crippen molar-refractivity contribution >= 4 is 28.6 Å². The minimum atomic E-state index is -0.748. The minimum Gasteiger partial charge on any atom is -0.386 e. The van der Waals surface area contributed by atoms with Crippen molar-refractivity contribution in [2.24, 2.45) is 10.7 Å². The van der Waals surface area contributed by atoms with Crippen LogP contribution in [0.3, 0.4) is 0 Å². The maximum Gasteiger partial charge on any atom is 0.293 e. The molecule has 0 bridgehead atoms. The summed E-state index contributed by atoms with van der Waals surface area (Å²) in [7, 11) is 1.33. The van der Waals surface area contributed by atoms with E-state index in [1.165, 1.54) is 13.2 Å². The molecule has 10 nitrogen and oxygen atoms in total. The Bertz CT molecular complexity index is 1480. The number of rotatable bonds is 5. The highest BCUT2D eigenvalue weighted by Crippen LogP contribution is 2.40. The smallest absolute Gasteiger partial charge is 0.293 e. The van der Waals surface area contributed by atoms with Crippen molar-refractivity contribution in [1.29, 1.82) is 0 Å². The van der Waals surface area contributed by atoms with Crippen LogP contribution in [0, 0.1) is 5.82 Å². The van der Waals surface area contributed by atoms with Gasteiger partial charge in [0.15, 0.2) is 17.3 Å². The van der Waals surface area contributed by atoms with Crippen LogP contribution in [0.4, 0.5) is 10.2 Å². The van der Waals surface area contributed by atoms with Gasteiger partial charge < -0.3 is 5.73 Å². The van der Waals surface area contributed by atoms with Crippen molar-refractivity contribution in [2.45, 2.75) is 25.8 Å². The molecule has 4 heterocycles. The third kappa shape index (κ3) is 3.37. The zero-order chi connectivity index (χ0) is 24.0. The van der Waals surface area contributed by atoms with E-state index in [1.54, 1.807) is 35.1 Å². The first kappa shape index (κ1) is 21.6. The normalized spacial score (nSPS) is 14.2. The highest BCUT2D eigenvalue weighted by molar-refractivity contribution is 6.04. The molecule has 0 spiro atoms. The molecule has 0 atom stereocenters. The molecule has 0 aliphatic carbocycles. The molecule has 1 aliphatic heterocycles. The van der Waals surface area contributed by atoms with E-state index in [9.17, 15) is 9.18 Å². The van der Waals surface area contributed by atoms with Crippen molar-refractivity contribution in [2.75, 3.05) is 7.11 Å². The van der Waals surface area contributed by atoms with E-state index < -0.39 is 11.3 Å². The SMILES string of the molecule is CONC(=O)c1nc(-c2nn(Cc3ccccc3F)c3ncccc23)nc2c1C(C)(C)C(N)=N2. The van der Waals surface area contributed by atoms with Gasteiger partial charge in [0.05, 0.1) is 24.5 Å². The Kier molecular flexibility index (Phi) is 5.05. The van der Waals surface area contributed by atoms with Crippen LogP contribution in [0.5, 0.6) is 0 Å². The Morgan fingerprint density at radius 3 is 2.76 bits per heavy atom. The van der Waals surface area contributed by atoms with Gasteiger partial charge in [-0.3, -0.25) is 9.63 Å². The lowest BCUT2D eigenvalue weighted by Gasteiger charge is -2.21. The van der Waals surface area contributed by atoms with Gasteiger partial charge in [-0.2, -0.15) is 5.10 Å². The van der Waals surface area contributed by atoms with Crippen LogP contribution in [0.25, 0.3) is 22.6 Å². The maximum atomic E-state index is 14.3. The molecule has 1 aliphatic rings. The van der Waals surface area contributed by atoms with Crippen LogP contribution in [-0.2, 0) is 16.8 Å². The first-order chi connectivity index (χ1) is 16.3. The van der Waals surface area contributed by atoms with E-state index in [4.69, 9.17) is 10.6 Å². The number of aliphatic imine (C=N–C) groups is 1. The van der Waals surface area contributed by atoms with E-state index in [2.05, 4.69) is 30.5 Å². The summed E-state index contributed by atoms with van der Waals surface area (Å²) >= 11 is 0. The van der Waals surface area contributed by atoms with Gasteiger partial charge in [0.1, 0.15) is 23.0 Å². The molecule has 0 unspecified atom stereocenters. The topological polar surface area (TPSA) is 133 Å². The van der Waals surface area contributed by atoms with Crippen LogP contribution in [0.15, 0.2) is 47.6 Å². The number of amides is 1. The van der Waals surface area contributed by atoms with Crippen molar-refractivity contribution in [3.8, 4) is 11.5 Å². The van der Waals surface area contributed by atoms with Gasteiger partial charge in [-0.1, -0.05) is 18.2 Å². The number of carbonyl (C=O) groups excluding carboxylic acids is 1. The van der Waals surface area contributed by atoms with Gasteiger partial charge in [0, 0.05) is 17.3 Å². The third-order valence-corrected chi connectivity index (χ3v) is 5.79. The minimum absolute atomic E-state index is 0.0803. The summed E-state index contributed by atoms with van der Waals surface area (Å²) in [5.41, 5.74) is 9.64. The number of hydroxylamine groups is 1. The number of benzene rings is 1. The van der Waals surface area contributed by atoms with Crippen molar-refractivity contribution in [3.63, 3.8) is 0 Å². The van der Waals surface area contributed by atoms with Crippen molar-refractivity contribution in [1.82, 2.24) is 30.2 Å². The Hall–Kier alpha value is -4.25. The molecule has 0 radical (unpaired) electrons. The van der Waals surface area contributed by atoms with E-state index >= 15 is 0 Å². The second-order valence-electron chi connectivity index (χ2n) is 8.32. The van der Waals surface area contributed by atoms with Crippen molar-refractivity contribution in [3.05, 3.63) is 65.2 Å². The van der Waals surface area contributed by atoms with Crippen LogP contribution >= 0.6 is 0 Å². The summed E-state index contributed by atoms with van der Waals surface area (Å²) in [4.78, 5) is 35.6. The molecular formula is C23H21FN8O2. The summed E-state index contributed by atoms with van der Waals surface area (Å²) in [6.07, 6.45) is 1.63. The van der Waals surface area contributed by atoms with Crippen LogP contribution in [0.1, 0.15) is 35.5 Å². The summed E-state index contributed by atoms with van der Waals surface area (Å²) in [6, 6.07) is 10.0. The van der Waals surface area contributed by atoms with Gasteiger partial charge in [-0.15, -0.1) is 0 Å². The average molecular weight is 460 g/mol. The molecule has 0 fully saturated rings. The lowest BCUT2D eigenvalue weighted by molar-refractivity contribution is 0.0530. The average Bonchev–Trinajstić information content (AvgIpc) is 3.29. The fraction of sp³-hybridized carbons (Fsp3) is 0.217. The monoisotopic (exact) mass is 460 g/mol. The van der Waals surface area contributed by atoms with Crippen LogP contribution in [0.2, 0.25) is 0 Å². The zero-order valence-corrected chi connectivity index (χ0v) is 18.7. The summed E-state index contributed by atoms with van der Waals surface area (Å²) < 4.78 is 15.9. The number of fused-ring (bicyclic) bond motifs is 2. The van der Waals surface area contributed by atoms with Crippen LogP contribution in [-0.4, -0.2) is 43.6 Å². The van der Waals surface area contributed by atoms with Gasteiger partial charge in [-0.25, -0.2) is 34.5 Å². The fourth-order valence-corrected chi connectivity index (χ4v) is 3.97. The number of halogens is 1. The molecule has 3 aromatic heterocycles. The molecule has 0 saturated heterocycles. The molecule has 172 valence electrons. The predicted octanol–water partition coefficient (Wildman–Crippen LogP) is 2.65. The Balaban J connectivity index is 1.71. The van der Waals surface area contributed by atoms with Gasteiger partial charge in [0.25, 0.3) is 5.91 Å². The molecule has 34 heavy (non-hydrogen) atoms. The molecule has 5 rings (SSSR count). The molecule has 11 heteroatoms. The lowest BCUT2D eigenvalue weighted by Crippen LogP contribution is -2.35. The molecular weight excluding hydrogens is 439 g/mol. The molecule has 0 saturated carbocycles. The number of hydrogen-bond acceptors (Lipinski definition) is 8. The second-order valence-corrected chi connectivity index (χ2v) is 8.32. The van der Waals surface area contributed by atoms with E-state index in [1.807, 2.05) is 19.9 Å². The molecule has 1 amide bonds. The lowest BCUT2D eigenvalue weighted by atomic mass is 9.84. The number of pyridine rings is 1. The van der Waals surface area contributed by atoms with E-state index in [0.29, 0.717) is 33.7 Å². The van der Waals surface area contributed by atoms with E-state index in [-0.39, 0.29) is 29.7 Å². The largest absolute Gasteiger partial charge is 0.386 e. The van der Waals surface area contributed by atoms with E-state index in [0.717, 1.165) is 0 Å². The first-order valence-corrected chi connectivity index (χ1v) is 10.5. The molecule has 4 aromatic rings. The van der Waals surface area contributed by atoms with Crippen LogP contribution < -0.4 is 11.2 Å². The van der Waals surface area contributed by atoms with Crippen molar-refractivity contribution < 1.29 is 14.0 Å². The number of carbonyl (C=O) groups is 1. The molecule has 1 aromatic carbocycles. The fourth-order valence-electron chi connectivity index (χ4n) is 3.97. The Morgan fingerprint density at radius 1 is 1.21 bits per heavy atom. The predicted molar refractivity (Wildman–Crippen MR) is 123 cm³/mol. The summed E-state index contributed by atoms with van der Waals surface area (Å²) in [5.74, 6) is -0.136. The maximum absolute atomic E-state index is 14.3. The first-order valence-electron chi connectivity index (χ1n) is 10.5. The zero-order valence-electron chi connectivity index (χ0n) is 18.7. The summed E-state index contributed by atoms with van der Waals surface area (Å²) in [6.45, 7) is 3.83. The van der Waals surface area contributed by atoms with Gasteiger partial charge in [0.2, 0.25) is 0 Å². The number of nitrogens with one attached hydrogen (secondary N) is 1.